The van der Waals surface area contributed by atoms with Crippen LogP contribution in [0.4, 0.5) is 0 Å². The van der Waals surface area contributed by atoms with Gasteiger partial charge < -0.3 is 0 Å². The molecule has 0 unspecified atom stereocenters. The average molecular weight is 277 g/mol. The highest BCUT2D eigenvalue weighted by atomic mass is 14.9. The predicted molar refractivity (Wildman–Crippen MR) is 89.6 cm³/mol. The first-order chi connectivity index (χ1) is 9.62. The van der Waals surface area contributed by atoms with E-state index in [2.05, 4.69) is 20.8 Å². The fraction of sp³-hybridized carbons (Fsp3) is 0.947. The molecule has 0 saturated heterocycles. The smallest absolute Gasteiger partial charge is 0.0551 e. The first-order valence-electron chi connectivity index (χ1n) is 9.22. The van der Waals surface area contributed by atoms with Gasteiger partial charge in [-0.25, -0.2) is 0 Å². The number of hydrogen-bond donors (Lipinski definition) is 0. The zero-order valence-corrected chi connectivity index (χ0v) is 14.1. The standard InChI is InChI=1S/C19H35N/c1-4-15-19(2,3)20-18(16-11-7-5-8-12-16)17-13-9-6-10-14-17/h16-17H,4-15H2,1-3H3. The van der Waals surface area contributed by atoms with Crippen molar-refractivity contribution in [1.29, 1.82) is 0 Å². The number of nitrogens with zero attached hydrogens (tertiary/aromatic N) is 1. The molecule has 2 fully saturated rings. The van der Waals surface area contributed by atoms with Crippen molar-refractivity contribution < 1.29 is 0 Å². The van der Waals surface area contributed by atoms with Crippen LogP contribution in [0.5, 0.6) is 0 Å². The number of hydrogen-bond acceptors (Lipinski definition) is 1. The molecular formula is C19H35N. The Morgan fingerprint density at radius 2 is 1.30 bits per heavy atom. The Labute approximate surface area is 126 Å². The highest BCUT2D eigenvalue weighted by Crippen LogP contribution is 2.35. The van der Waals surface area contributed by atoms with E-state index in [-0.39, 0.29) is 5.54 Å². The molecular weight excluding hydrogens is 242 g/mol. The Bertz CT molecular complexity index is 284. The van der Waals surface area contributed by atoms with Crippen molar-refractivity contribution in [3.63, 3.8) is 0 Å². The minimum Gasteiger partial charge on any atom is -0.288 e. The van der Waals surface area contributed by atoms with E-state index >= 15 is 0 Å². The van der Waals surface area contributed by atoms with E-state index in [0.717, 1.165) is 11.8 Å². The van der Waals surface area contributed by atoms with Crippen LogP contribution in [0, 0.1) is 11.8 Å². The van der Waals surface area contributed by atoms with Gasteiger partial charge in [-0.3, -0.25) is 4.99 Å². The normalized spacial score (nSPS) is 22.8. The summed E-state index contributed by atoms with van der Waals surface area (Å²) in [4.78, 5) is 5.36. The molecule has 0 aromatic rings. The molecule has 2 aliphatic carbocycles. The number of aliphatic imine (C=N–C) groups is 1. The van der Waals surface area contributed by atoms with Gasteiger partial charge in [-0.1, -0.05) is 51.9 Å². The summed E-state index contributed by atoms with van der Waals surface area (Å²) in [6, 6.07) is 0. The minimum absolute atomic E-state index is 0.166. The summed E-state index contributed by atoms with van der Waals surface area (Å²) in [6.07, 6.45) is 16.8. The van der Waals surface area contributed by atoms with Gasteiger partial charge in [-0.2, -0.15) is 0 Å². The van der Waals surface area contributed by atoms with Gasteiger partial charge in [0.25, 0.3) is 0 Å². The molecule has 0 bridgehead atoms. The summed E-state index contributed by atoms with van der Waals surface area (Å²) in [6.45, 7) is 6.99. The van der Waals surface area contributed by atoms with E-state index in [1.54, 1.807) is 5.71 Å². The molecule has 0 radical (unpaired) electrons. The number of rotatable bonds is 5. The monoisotopic (exact) mass is 277 g/mol. The Kier molecular flexibility index (Phi) is 6.11. The Morgan fingerprint density at radius 3 is 1.70 bits per heavy atom. The van der Waals surface area contributed by atoms with E-state index in [4.69, 9.17) is 4.99 Å². The van der Waals surface area contributed by atoms with Crippen molar-refractivity contribution in [2.45, 2.75) is 103 Å². The summed E-state index contributed by atoms with van der Waals surface area (Å²) in [7, 11) is 0. The van der Waals surface area contributed by atoms with Crippen molar-refractivity contribution in [2.24, 2.45) is 16.8 Å². The molecule has 0 aromatic carbocycles. The maximum Gasteiger partial charge on any atom is 0.0551 e. The zero-order valence-electron chi connectivity index (χ0n) is 14.1. The second-order valence-electron chi connectivity index (χ2n) is 7.77. The lowest BCUT2D eigenvalue weighted by Gasteiger charge is -2.34. The quantitative estimate of drug-likeness (QED) is 0.533. The molecule has 2 rings (SSSR count). The summed E-state index contributed by atoms with van der Waals surface area (Å²) in [5.74, 6) is 1.64. The van der Waals surface area contributed by atoms with Crippen molar-refractivity contribution >= 4 is 5.71 Å². The highest BCUT2D eigenvalue weighted by molar-refractivity contribution is 5.89. The second-order valence-corrected chi connectivity index (χ2v) is 7.77. The minimum atomic E-state index is 0.166. The van der Waals surface area contributed by atoms with Gasteiger partial charge in [-0.15, -0.1) is 0 Å². The van der Waals surface area contributed by atoms with Gasteiger partial charge in [0.15, 0.2) is 0 Å². The van der Waals surface area contributed by atoms with E-state index < -0.39 is 0 Å². The van der Waals surface area contributed by atoms with Crippen LogP contribution < -0.4 is 0 Å². The van der Waals surface area contributed by atoms with Crippen molar-refractivity contribution in [3.8, 4) is 0 Å². The predicted octanol–water partition coefficient (Wildman–Crippen LogP) is 6.17. The summed E-state index contributed by atoms with van der Waals surface area (Å²) in [5, 5.41) is 0. The first kappa shape index (κ1) is 16.0. The van der Waals surface area contributed by atoms with E-state index in [1.165, 1.54) is 77.0 Å². The third-order valence-electron chi connectivity index (χ3n) is 5.34. The molecule has 1 nitrogen and oxygen atoms in total. The summed E-state index contributed by atoms with van der Waals surface area (Å²) < 4.78 is 0. The third kappa shape index (κ3) is 4.60. The van der Waals surface area contributed by atoms with Crippen LogP contribution in [0.3, 0.4) is 0 Å². The van der Waals surface area contributed by atoms with Crippen LogP contribution in [-0.2, 0) is 0 Å². The fourth-order valence-electron chi connectivity index (χ4n) is 4.33. The molecule has 2 aliphatic rings. The maximum atomic E-state index is 5.36. The summed E-state index contributed by atoms with van der Waals surface area (Å²) in [5.41, 5.74) is 1.81. The van der Waals surface area contributed by atoms with Gasteiger partial charge in [0.2, 0.25) is 0 Å². The molecule has 0 aliphatic heterocycles. The van der Waals surface area contributed by atoms with E-state index in [9.17, 15) is 0 Å². The lowest BCUT2D eigenvalue weighted by atomic mass is 9.75. The molecule has 0 atom stereocenters. The highest BCUT2D eigenvalue weighted by Gasteiger charge is 2.29. The van der Waals surface area contributed by atoms with Gasteiger partial charge in [-0.05, 0) is 57.8 Å². The lowest BCUT2D eigenvalue weighted by Crippen LogP contribution is -2.31. The van der Waals surface area contributed by atoms with Crippen molar-refractivity contribution in [1.82, 2.24) is 0 Å². The molecule has 116 valence electrons. The van der Waals surface area contributed by atoms with Crippen LogP contribution >= 0.6 is 0 Å². The fourth-order valence-corrected chi connectivity index (χ4v) is 4.33. The maximum absolute atomic E-state index is 5.36. The van der Waals surface area contributed by atoms with Gasteiger partial charge in [0.05, 0.1) is 5.54 Å². The molecule has 0 spiro atoms. The van der Waals surface area contributed by atoms with Crippen molar-refractivity contribution in [2.75, 3.05) is 0 Å². The van der Waals surface area contributed by atoms with Gasteiger partial charge in [0.1, 0.15) is 0 Å². The van der Waals surface area contributed by atoms with E-state index in [0.29, 0.717) is 0 Å². The first-order valence-corrected chi connectivity index (χ1v) is 9.22. The van der Waals surface area contributed by atoms with Crippen LogP contribution in [0.25, 0.3) is 0 Å². The lowest BCUT2D eigenvalue weighted by molar-refractivity contribution is 0.376. The van der Waals surface area contributed by atoms with Crippen LogP contribution in [-0.4, -0.2) is 11.3 Å². The molecule has 20 heavy (non-hydrogen) atoms. The molecule has 0 N–H and O–H groups in total. The molecule has 0 amide bonds. The topological polar surface area (TPSA) is 12.4 Å². The molecule has 0 heterocycles. The average Bonchev–Trinajstić information content (AvgIpc) is 2.47. The largest absolute Gasteiger partial charge is 0.288 e. The van der Waals surface area contributed by atoms with Gasteiger partial charge >= 0.3 is 0 Å². The van der Waals surface area contributed by atoms with Crippen LogP contribution in [0.1, 0.15) is 97.8 Å². The third-order valence-corrected chi connectivity index (χ3v) is 5.34. The molecule has 2 saturated carbocycles. The SMILES string of the molecule is CCCC(C)(C)N=C(C1CCCCC1)C1CCCCC1. The molecule has 1 heteroatoms. The Morgan fingerprint density at radius 1 is 0.850 bits per heavy atom. The summed E-state index contributed by atoms with van der Waals surface area (Å²) >= 11 is 0. The zero-order chi connectivity index (χ0) is 14.4. The Hall–Kier alpha value is -0.330. The van der Waals surface area contributed by atoms with Crippen LogP contribution in [0.15, 0.2) is 4.99 Å². The van der Waals surface area contributed by atoms with Crippen molar-refractivity contribution in [3.05, 3.63) is 0 Å². The van der Waals surface area contributed by atoms with E-state index in [1.807, 2.05) is 0 Å². The van der Waals surface area contributed by atoms with Crippen LogP contribution in [0.2, 0.25) is 0 Å². The second kappa shape index (κ2) is 7.61. The molecule has 0 aromatic heterocycles. The Balaban J connectivity index is 2.15. The van der Waals surface area contributed by atoms with Gasteiger partial charge in [0, 0.05) is 5.71 Å².